The Bertz CT molecular complexity index is 608. The summed E-state index contributed by atoms with van der Waals surface area (Å²) in [6, 6.07) is 6.81. The molecule has 0 atom stereocenters. The largest absolute Gasteiger partial charge is 0.497 e. The summed E-state index contributed by atoms with van der Waals surface area (Å²) >= 11 is 0. The van der Waals surface area contributed by atoms with Gasteiger partial charge >= 0.3 is 5.97 Å². The zero-order chi connectivity index (χ0) is 18.2. The number of nitrogens with one attached hydrogen (secondary N) is 1. The molecule has 2 rings (SSSR count). The van der Waals surface area contributed by atoms with Crippen LogP contribution in [-0.2, 0) is 14.4 Å². The third-order valence-electron chi connectivity index (χ3n) is 4.06. The van der Waals surface area contributed by atoms with E-state index in [9.17, 15) is 14.4 Å². The molecule has 8 nitrogen and oxygen atoms in total. The fourth-order valence-corrected chi connectivity index (χ4v) is 2.53. The monoisotopic (exact) mass is 350 g/mol. The number of amides is 2. The summed E-state index contributed by atoms with van der Waals surface area (Å²) in [6.07, 6.45) is 0.880. The number of carboxylic acid groups (broad SMARTS) is 1. The Morgan fingerprint density at radius 1 is 1.16 bits per heavy atom. The highest BCUT2D eigenvalue weighted by Gasteiger charge is 2.26. The van der Waals surface area contributed by atoms with E-state index in [4.69, 9.17) is 14.6 Å². The van der Waals surface area contributed by atoms with Crippen LogP contribution < -0.4 is 14.8 Å². The molecule has 1 aliphatic heterocycles. The van der Waals surface area contributed by atoms with Gasteiger partial charge in [0.25, 0.3) is 5.91 Å². The highest BCUT2D eigenvalue weighted by atomic mass is 16.5. The number of methoxy groups -OCH3 is 1. The fraction of sp³-hybridized carbons (Fsp3) is 0.471. The molecule has 0 radical (unpaired) electrons. The van der Waals surface area contributed by atoms with Crippen LogP contribution in [0.5, 0.6) is 11.5 Å². The number of carbonyl (C=O) groups is 3. The van der Waals surface area contributed by atoms with E-state index in [1.807, 2.05) is 0 Å². The second kappa shape index (κ2) is 8.91. The standard InChI is InChI=1S/C17H22N2O6/c1-24-13-2-4-14(5-3-13)25-11-15(20)18-10-16(21)19-8-6-12(7-9-19)17(22)23/h2-5,12H,6-11H2,1H3,(H,18,20)(H,22,23). The molecule has 0 aliphatic carbocycles. The summed E-state index contributed by atoms with van der Waals surface area (Å²) in [6.45, 7) is 0.477. The Morgan fingerprint density at radius 2 is 1.76 bits per heavy atom. The van der Waals surface area contributed by atoms with Gasteiger partial charge in [0.15, 0.2) is 6.61 Å². The van der Waals surface area contributed by atoms with Gasteiger partial charge in [-0.25, -0.2) is 0 Å². The molecular weight excluding hydrogens is 328 g/mol. The van der Waals surface area contributed by atoms with Crippen molar-refractivity contribution in [1.82, 2.24) is 10.2 Å². The lowest BCUT2D eigenvalue weighted by Crippen LogP contribution is -2.45. The molecule has 1 aliphatic rings. The topological polar surface area (TPSA) is 105 Å². The minimum atomic E-state index is -0.823. The van der Waals surface area contributed by atoms with Gasteiger partial charge in [-0.15, -0.1) is 0 Å². The molecule has 0 spiro atoms. The van der Waals surface area contributed by atoms with Gasteiger partial charge in [0.1, 0.15) is 11.5 Å². The molecule has 136 valence electrons. The highest BCUT2D eigenvalue weighted by molar-refractivity contribution is 5.85. The number of benzene rings is 1. The Morgan fingerprint density at radius 3 is 2.32 bits per heavy atom. The number of ether oxygens (including phenoxy) is 2. The van der Waals surface area contributed by atoms with E-state index in [2.05, 4.69) is 5.32 Å². The molecule has 0 aromatic heterocycles. The highest BCUT2D eigenvalue weighted by Crippen LogP contribution is 2.17. The molecule has 0 unspecified atom stereocenters. The van der Waals surface area contributed by atoms with Crippen LogP contribution in [0.2, 0.25) is 0 Å². The molecule has 1 saturated heterocycles. The van der Waals surface area contributed by atoms with Crippen molar-refractivity contribution in [2.75, 3.05) is 33.4 Å². The van der Waals surface area contributed by atoms with Crippen LogP contribution in [0, 0.1) is 5.92 Å². The van der Waals surface area contributed by atoms with E-state index in [1.54, 1.807) is 36.3 Å². The van der Waals surface area contributed by atoms with Crippen molar-refractivity contribution in [1.29, 1.82) is 0 Å². The second-order valence-electron chi connectivity index (χ2n) is 5.73. The smallest absolute Gasteiger partial charge is 0.306 e. The van der Waals surface area contributed by atoms with Crippen LogP contribution in [-0.4, -0.2) is 61.1 Å². The zero-order valence-electron chi connectivity index (χ0n) is 14.1. The quantitative estimate of drug-likeness (QED) is 0.742. The lowest BCUT2D eigenvalue weighted by atomic mass is 9.97. The molecule has 0 bridgehead atoms. The van der Waals surface area contributed by atoms with E-state index < -0.39 is 17.8 Å². The number of carboxylic acids is 1. The second-order valence-corrected chi connectivity index (χ2v) is 5.73. The first kappa shape index (κ1) is 18.6. The van der Waals surface area contributed by atoms with E-state index in [0.717, 1.165) is 0 Å². The van der Waals surface area contributed by atoms with Crippen LogP contribution in [0.25, 0.3) is 0 Å². The Hall–Kier alpha value is -2.77. The average Bonchev–Trinajstić information content (AvgIpc) is 2.64. The maximum absolute atomic E-state index is 12.0. The molecule has 2 N–H and O–H groups in total. The number of carbonyl (C=O) groups excluding carboxylic acids is 2. The third kappa shape index (κ3) is 5.66. The molecule has 1 heterocycles. The zero-order valence-corrected chi connectivity index (χ0v) is 14.1. The summed E-state index contributed by atoms with van der Waals surface area (Å²) in [5.74, 6) is -0.620. The van der Waals surface area contributed by atoms with Gasteiger partial charge in [-0.3, -0.25) is 14.4 Å². The van der Waals surface area contributed by atoms with Crippen molar-refractivity contribution in [2.45, 2.75) is 12.8 Å². The Labute approximate surface area is 145 Å². The van der Waals surface area contributed by atoms with E-state index in [-0.39, 0.29) is 19.1 Å². The van der Waals surface area contributed by atoms with Gasteiger partial charge in [0.2, 0.25) is 5.91 Å². The minimum Gasteiger partial charge on any atom is -0.497 e. The summed E-state index contributed by atoms with van der Waals surface area (Å²) < 4.78 is 10.4. The van der Waals surface area contributed by atoms with Crippen molar-refractivity contribution >= 4 is 17.8 Å². The average molecular weight is 350 g/mol. The number of aliphatic carboxylic acids is 1. The summed E-state index contributed by atoms with van der Waals surface area (Å²) in [5.41, 5.74) is 0. The predicted octanol–water partition coefficient (Wildman–Crippen LogP) is 0.513. The van der Waals surface area contributed by atoms with Crippen LogP contribution in [0.3, 0.4) is 0 Å². The fourth-order valence-electron chi connectivity index (χ4n) is 2.53. The predicted molar refractivity (Wildman–Crippen MR) is 88.4 cm³/mol. The van der Waals surface area contributed by atoms with E-state index >= 15 is 0 Å². The molecule has 1 fully saturated rings. The normalized spacial score (nSPS) is 14.7. The van der Waals surface area contributed by atoms with Gasteiger partial charge in [0.05, 0.1) is 19.6 Å². The SMILES string of the molecule is COc1ccc(OCC(=O)NCC(=O)N2CCC(C(=O)O)CC2)cc1. The van der Waals surface area contributed by atoms with Gasteiger partial charge in [-0.1, -0.05) is 0 Å². The first-order valence-electron chi connectivity index (χ1n) is 8.03. The van der Waals surface area contributed by atoms with Gasteiger partial charge in [-0.05, 0) is 37.1 Å². The van der Waals surface area contributed by atoms with Crippen LogP contribution in [0.4, 0.5) is 0 Å². The first-order chi connectivity index (χ1) is 12.0. The lowest BCUT2D eigenvalue weighted by molar-refractivity contribution is -0.145. The Balaban J connectivity index is 1.67. The molecule has 0 saturated carbocycles. The van der Waals surface area contributed by atoms with Gasteiger partial charge in [0, 0.05) is 13.1 Å². The molecule has 2 amide bonds. The lowest BCUT2D eigenvalue weighted by Gasteiger charge is -2.30. The van der Waals surface area contributed by atoms with Crippen molar-refractivity contribution in [3.63, 3.8) is 0 Å². The van der Waals surface area contributed by atoms with Crippen LogP contribution >= 0.6 is 0 Å². The number of nitrogens with zero attached hydrogens (tertiary/aromatic N) is 1. The van der Waals surface area contributed by atoms with Gasteiger partial charge in [-0.2, -0.15) is 0 Å². The molecular formula is C17H22N2O6. The number of likely N-dealkylation sites (tertiary alicyclic amines) is 1. The van der Waals surface area contributed by atoms with Crippen molar-refractivity contribution in [3.05, 3.63) is 24.3 Å². The van der Waals surface area contributed by atoms with Crippen molar-refractivity contribution in [3.8, 4) is 11.5 Å². The maximum atomic E-state index is 12.0. The van der Waals surface area contributed by atoms with Crippen molar-refractivity contribution < 1.29 is 29.0 Å². The summed E-state index contributed by atoms with van der Waals surface area (Å²) in [5, 5.41) is 11.5. The molecule has 8 heteroatoms. The molecule has 1 aromatic carbocycles. The molecule has 25 heavy (non-hydrogen) atoms. The summed E-state index contributed by atoms with van der Waals surface area (Å²) in [7, 11) is 1.56. The number of piperidine rings is 1. The third-order valence-corrected chi connectivity index (χ3v) is 4.06. The number of rotatable bonds is 7. The summed E-state index contributed by atoms with van der Waals surface area (Å²) in [4.78, 5) is 36.3. The molecule has 1 aromatic rings. The van der Waals surface area contributed by atoms with Crippen LogP contribution in [0.15, 0.2) is 24.3 Å². The van der Waals surface area contributed by atoms with Gasteiger partial charge < -0.3 is 24.8 Å². The minimum absolute atomic E-state index is 0.122. The number of hydrogen-bond donors (Lipinski definition) is 2. The Kier molecular flexibility index (Phi) is 6.62. The van der Waals surface area contributed by atoms with Crippen LogP contribution in [0.1, 0.15) is 12.8 Å². The van der Waals surface area contributed by atoms with E-state index in [0.29, 0.717) is 37.4 Å². The number of hydrogen-bond acceptors (Lipinski definition) is 5. The van der Waals surface area contributed by atoms with Crippen molar-refractivity contribution in [2.24, 2.45) is 5.92 Å². The van der Waals surface area contributed by atoms with E-state index in [1.165, 1.54) is 0 Å². The maximum Gasteiger partial charge on any atom is 0.306 e. The first-order valence-corrected chi connectivity index (χ1v) is 8.03.